The maximum Gasteiger partial charge on any atom is 0.314 e. The number of benzene rings is 1. The van der Waals surface area contributed by atoms with E-state index in [1.807, 2.05) is 0 Å². The van der Waals surface area contributed by atoms with Crippen LogP contribution in [0.3, 0.4) is 0 Å². The van der Waals surface area contributed by atoms with Crippen molar-refractivity contribution >= 4 is 28.9 Å². The van der Waals surface area contributed by atoms with E-state index < -0.39 is 4.92 Å². The van der Waals surface area contributed by atoms with Gasteiger partial charge in [-0.15, -0.1) is 0 Å². The normalized spacial score (nSPS) is 10.7. The van der Waals surface area contributed by atoms with Gasteiger partial charge in [0.25, 0.3) is 0 Å². The van der Waals surface area contributed by atoms with E-state index in [4.69, 9.17) is 28.3 Å². The van der Waals surface area contributed by atoms with Crippen molar-refractivity contribution in [1.82, 2.24) is 9.78 Å². The number of hydrogen-bond acceptors (Lipinski definition) is 4. The predicted octanol–water partition coefficient (Wildman–Crippen LogP) is 2.76. The molecule has 0 radical (unpaired) electrons. The molecule has 0 atom stereocenters. The Bertz CT molecular complexity index is 607. The molecular weight excluding hydrogens is 293 g/mol. The quantitative estimate of drug-likeness (QED) is 0.695. The molecule has 0 fully saturated rings. The average molecular weight is 302 g/mol. The summed E-state index contributed by atoms with van der Waals surface area (Å²) in [5.74, 6) is 0. The van der Waals surface area contributed by atoms with E-state index in [0.29, 0.717) is 15.6 Å². The summed E-state index contributed by atoms with van der Waals surface area (Å²) in [6.07, 6.45) is 1.14. The molecule has 8 heteroatoms. The molecule has 19 heavy (non-hydrogen) atoms. The van der Waals surface area contributed by atoms with Gasteiger partial charge in [0, 0.05) is 15.6 Å². The van der Waals surface area contributed by atoms with Gasteiger partial charge in [0.2, 0.25) is 0 Å². The van der Waals surface area contributed by atoms with Crippen molar-refractivity contribution in [2.24, 2.45) is 0 Å². The summed E-state index contributed by atoms with van der Waals surface area (Å²) in [7, 11) is 0. The summed E-state index contributed by atoms with van der Waals surface area (Å²) in [5.41, 5.74) is 0.588. The minimum atomic E-state index is -0.537. The minimum absolute atomic E-state index is 0.146. The molecule has 0 aliphatic rings. The standard InChI is InChI=1S/C11H9Cl2N3O3/c12-8-3-7(4-9(13)5-8)11-10(16(18)19)6-14-15(11)1-2-17/h3-6,17H,1-2H2. The number of aliphatic hydroxyl groups is 1. The van der Waals surface area contributed by atoms with E-state index in [0.717, 1.165) is 6.20 Å². The second kappa shape index (κ2) is 5.56. The molecule has 0 aliphatic carbocycles. The highest BCUT2D eigenvalue weighted by Gasteiger charge is 2.22. The average Bonchev–Trinajstić information content (AvgIpc) is 2.72. The van der Waals surface area contributed by atoms with Crippen LogP contribution in [0.4, 0.5) is 5.69 Å². The molecular formula is C11H9Cl2N3O3. The van der Waals surface area contributed by atoms with Crippen LogP contribution in [-0.4, -0.2) is 26.4 Å². The first-order valence-electron chi connectivity index (χ1n) is 5.30. The van der Waals surface area contributed by atoms with Gasteiger partial charge in [-0.25, -0.2) is 0 Å². The molecule has 0 amide bonds. The van der Waals surface area contributed by atoms with Crippen molar-refractivity contribution in [2.75, 3.05) is 6.61 Å². The fourth-order valence-corrected chi connectivity index (χ4v) is 2.29. The summed E-state index contributed by atoms with van der Waals surface area (Å²) in [4.78, 5) is 10.5. The third kappa shape index (κ3) is 2.86. The summed E-state index contributed by atoms with van der Waals surface area (Å²) < 4.78 is 1.35. The molecule has 2 rings (SSSR count). The molecule has 0 spiro atoms. The van der Waals surface area contributed by atoms with E-state index in [1.54, 1.807) is 12.1 Å². The predicted molar refractivity (Wildman–Crippen MR) is 71.4 cm³/mol. The maximum absolute atomic E-state index is 11.0. The molecule has 0 saturated carbocycles. The van der Waals surface area contributed by atoms with E-state index in [9.17, 15) is 10.1 Å². The molecule has 1 heterocycles. The van der Waals surface area contributed by atoms with Crippen LogP contribution in [-0.2, 0) is 6.54 Å². The second-order valence-electron chi connectivity index (χ2n) is 3.74. The van der Waals surface area contributed by atoms with Crippen LogP contribution in [0.25, 0.3) is 11.3 Å². The Hall–Kier alpha value is -1.63. The molecule has 1 N–H and O–H groups in total. The molecule has 0 aliphatic heterocycles. The van der Waals surface area contributed by atoms with Crippen molar-refractivity contribution in [3.05, 3.63) is 44.6 Å². The Balaban J connectivity index is 2.64. The summed E-state index contributed by atoms with van der Waals surface area (Å²) >= 11 is 11.8. The minimum Gasteiger partial charge on any atom is -0.394 e. The van der Waals surface area contributed by atoms with Gasteiger partial charge in [-0.05, 0) is 18.2 Å². The van der Waals surface area contributed by atoms with E-state index in [2.05, 4.69) is 5.10 Å². The summed E-state index contributed by atoms with van der Waals surface area (Å²) in [5, 5.41) is 24.6. The molecule has 100 valence electrons. The van der Waals surface area contributed by atoms with Crippen molar-refractivity contribution in [2.45, 2.75) is 6.54 Å². The first-order valence-corrected chi connectivity index (χ1v) is 6.06. The van der Waals surface area contributed by atoms with Gasteiger partial charge in [0.05, 0.1) is 18.1 Å². The van der Waals surface area contributed by atoms with Crippen LogP contribution in [0.5, 0.6) is 0 Å². The SMILES string of the molecule is O=[N+]([O-])c1cnn(CCO)c1-c1cc(Cl)cc(Cl)c1. The zero-order valence-electron chi connectivity index (χ0n) is 9.58. The summed E-state index contributed by atoms with van der Waals surface area (Å²) in [6, 6.07) is 4.65. The van der Waals surface area contributed by atoms with Crippen LogP contribution in [0.15, 0.2) is 24.4 Å². The Morgan fingerprint density at radius 2 is 1.95 bits per heavy atom. The number of aromatic nitrogens is 2. The van der Waals surface area contributed by atoms with Crippen molar-refractivity contribution in [1.29, 1.82) is 0 Å². The van der Waals surface area contributed by atoms with Crippen molar-refractivity contribution < 1.29 is 10.0 Å². The van der Waals surface area contributed by atoms with Crippen LogP contribution in [0.1, 0.15) is 0 Å². The Morgan fingerprint density at radius 3 is 2.47 bits per heavy atom. The Morgan fingerprint density at radius 1 is 1.32 bits per heavy atom. The fraction of sp³-hybridized carbons (Fsp3) is 0.182. The lowest BCUT2D eigenvalue weighted by Crippen LogP contribution is -2.06. The lowest BCUT2D eigenvalue weighted by Gasteiger charge is -2.06. The largest absolute Gasteiger partial charge is 0.394 e. The molecule has 0 bridgehead atoms. The third-order valence-corrected chi connectivity index (χ3v) is 2.90. The lowest BCUT2D eigenvalue weighted by molar-refractivity contribution is -0.384. The van der Waals surface area contributed by atoms with E-state index >= 15 is 0 Å². The monoisotopic (exact) mass is 301 g/mol. The van der Waals surface area contributed by atoms with E-state index in [-0.39, 0.29) is 24.5 Å². The maximum atomic E-state index is 11.0. The number of nitro groups is 1. The number of aliphatic hydroxyl groups excluding tert-OH is 1. The number of nitrogens with zero attached hydrogens (tertiary/aromatic N) is 3. The Kier molecular flexibility index (Phi) is 4.04. The highest BCUT2D eigenvalue weighted by atomic mass is 35.5. The fourth-order valence-electron chi connectivity index (χ4n) is 1.76. The van der Waals surface area contributed by atoms with Crippen LogP contribution < -0.4 is 0 Å². The van der Waals surface area contributed by atoms with Gasteiger partial charge in [-0.3, -0.25) is 14.8 Å². The molecule has 0 saturated heterocycles. The van der Waals surface area contributed by atoms with Gasteiger partial charge < -0.3 is 5.11 Å². The lowest BCUT2D eigenvalue weighted by atomic mass is 10.1. The second-order valence-corrected chi connectivity index (χ2v) is 4.61. The highest BCUT2D eigenvalue weighted by molar-refractivity contribution is 6.35. The first-order chi connectivity index (χ1) is 9.02. The molecule has 0 unspecified atom stereocenters. The smallest absolute Gasteiger partial charge is 0.314 e. The topological polar surface area (TPSA) is 81.2 Å². The van der Waals surface area contributed by atoms with Crippen LogP contribution in [0, 0.1) is 10.1 Å². The van der Waals surface area contributed by atoms with Gasteiger partial charge in [0.1, 0.15) is 11.9 Å². The zero-order chi connectivity index (χ0) is 14.0. The number of hydrogen-bond donors (Lipinski definition) is 1. The van der Waals surface area contributed by atoms with E-state index in [1.165, 1.54) is 10.7 Å². The van der Waals surface area contributed by atoms with Crippen LogP contribution in [0.2, 0.25) is 10.0 Å². The Labute approximate surface area is 118 Å². The third-order valence-electron chi connectivity index (χ3n) is 2.46. The highest BCUT2D eigenvalue weighted by Crippen LogP contribution is 2.33. The van der Waals surface area contributed by atoms with Crippen molar-refractivity contribution in [3.63, 3.8) is 0 Å². The van der Waals surface area contributed by atoms with Gasteiger partial charge in [-0.1, -0.05) is 23.2 Å². The number of halogens is 2. The molecule has 1 aromatic carbocycles. The van der Waals surface area contributed by atoms with Gasteiger partial charge in [0.15, 0.2) is 0 Å². The first kappa shape index (κ1) is 13.8. The molecule has 2 aromatic rings. The van der Waals surface area contributed by atoms with Crippen molar-refractivity contribution in [3.8, 4) is 11.3 Å². The van der Waals surface area contributed by atoms with Gasteiger partial charge in [-0.2, -0.15) is 5.10 Å². The summed E-state index contributed by atoms with van der Waals surface area (Å²) in [6.45, 7) is -0.0343. The molecule has 1 aromatic heterocycles. The van der Waals surface area contributed by atoms with Gasteiger partial charge >= 0.3 is 5.69 Å². The zero-order valence-corrected chi connectivity index (χ0v) is 11.1. The van der Waals surface area contributed by atoms with Crippen LogP contribution >= 0.6 is 23.2 Å². The number of rotatable bonds is 4. The molecule has 6 nitrogen and oxygen atoms in total.